The fraction of sp³-hybridized carbons (Fsp3) is 0.714. The zero-order chi connectivity index (χ0) is 17.0. The van der Waals surface area contributed by atoms with E-state index in [0.717, 1.165) is 38.4 Å². The number of ether oxygens (including phenoxy) is 1. The quantitative estimate of drug-likeness (QED) is 0.716. The Morgan fingerprint density at radius 3 is 2.84 bits per heavy atom. The van der Waals surface area contributed by atoms with Crippen molar-refractivity contribution in [3.05, 3.63) is 34.9 Å². The van der Waals surface area contributed by atoms with Crippen LogP contribution < -0.4 is 5.73 Å². The molecule has 1 aromatic rings. The van der Waals surface area contributed by atoms with E-state index in [9.17, 15) is 5.11 Å². The van der Waals surface area contributed by atoms with Gasteiger partial charge in [0.25, 0.3) is 0 Å². The summed E-state index contributed by atoms with van der Waals surface area (Å²) in [5.41, 5.74) is 10.4. The van der Waals surface area contributed by atoms with Gasteiger partial charge in [-0.1, -0.05) is 18.2 Å². The number of aliphatic hydroxyl groups excluding tert-OH is 1. The fourth-order valence-electron chi connectivity index (χ4n) is 4.55. The molecule has 0 aromatic heterocycles. The molecular formula is C21H34ClNO2. The third kappa shape index (κ3) is 5.19. The molecule has 2 aliphatic rings. The number of fused-ring (bicyclic) bond motifs is 1. The number of hydrogen-bond acceptors (Lipinski definition) is 3. The van der Waals surface area contributed by atoms with E-state index in [0.29, 0.717) is 5.92 Å². The first-order valence-corrected chi connectivity index (χ1v) is 9.73. The Hall–Kier alpha value is -0.610. The van der Waals surface area contributed by atoms with Crippen molar-refractivity contribution in [3.8, 4) is 0 Å². The van der Waals surface area contributed by atoms with Crippen LogP contribution in [0.4, 0.5) is 0 Å². The van der Waals surface area contributed by atoms with Gasteiger partial charge in [-0.2, -0.15) is 0 Å². The van der Waals surface area contributed by atoms with E-state index >= 15 is 0 Å². The highest BCUT2D eigenvalue weighted by Crippen LogP contribution is 2.40. The summed E-state index contributed by atoms with van der Waals surface area (Å²) in [5, 5.41) is 9.48. The van der Waals surface area contributed by atoms with Crippen molar-refractivity contribution >= 4 is 12.4 Å². The maximum atomic E-state index is 9.48. The Kier molecular flexibility index (Phi) is 7.75. The van der Waals surface area contributed by atoms with Gasteiger partial charge in [-0.25, -0.2) is 0 Å². The van der Waals surface area contributed by atoms with E-state index in [1.807, 2.05) is 0 Å². The summed E-state index contributed by atoms with van der Waals surface area (Å²) in [5.74, 6) is 1.35. The molecule has 3 N–H and O–H groups in total. The Labute approximate surface area is 158 Å². The minimum absolute atomic E-state index is 0. The summed E-state index contributed by atoms with van der Waals surface area (Å²) in [6.45, 7) is 3.91. The molecule has 2 aliphatic carbocycles. The highest BCUT2D eigenvalue weighted by Gasteiger charge is 2.36. The van der Waals surface area contributed by atoms with Crippen molar-refractivity contribution in [2.75, 3.05) is 19.8 Å². The summed E-state index contributed by atoms with van der Waals surface area (Å²) in [4.78, 5) is 0. The zero-order valence-electron chi connectivity index (χ0n) is 15.5. The third-order valence-corrected chi connectivity index (χ3v) is 6.10. The molecule has 0 spiro atoms. The fourth-order valence-corrected chi connectivity index (χ4v) is 4.55. The van der Waals surface area contributed by atoms with E-state index in [1.165, 1.54) is 37.7 Å². The first-order valence-electron chi connectivity index (χ1n) is 9.73. The molecule has 3 rings (SSSR count). The second-order valence-corrected chi connectivity index (χ2v) is 7.94. The lowest BCUT2D eigenvalue weighted by Gasteiger charge is -2.26. The van der Waals surface area contributed by atoms with Crippen molar-refractivity contribution in [2.24, 2.45) is 11.7 Å². The number of rotatable bonds is 7. The summed E-state index contributed by atoms with van der Waals surface area (Å²) in [6, 6.07) is 7.10. The predicted molar refractivity (Wildman–Crippen MR) is 106 cm³/mol. The van der Waals surface area contributed by atoms with Crippen LogP contribution in [0.25, 0.3) is 0 Å². The molecule has 0 unspecified atom stereocenters. The van der Waals surface area contributed by atoms with Crippen LogP contribution in [-0.4, -0.2) is 30.5 Å². The van der Waals surface area contributed by atoms with Crippen LogP contribution in [0, 0.1) is 5.92 Å². The molecule has 4 heteroatoms. The average Bonchev–Trinajstić information content (AvgIpc) is 3.01. The summed E-state index contributed by atoms with van der Waals surface area (Å²) < 4.78 is 5.46. The lowest BCUT2D eigenvalue weighted by atomic mass is 9.80. The van der Waals surface area contributed by atoms with Gasteiger partial charge in [-0.3, -0.25) is 0 Å². The summed E-state index contributed by atoms with van der Waals surface area (Å²) in [6.07, 6.45) is 9.19. The molecule has 1 aromatic carbocycles. The van der Waals surface area contributed by atoms with Crippen molar-refractivity contribution in [2.45, 2.75) is 69.7 Å². The number of halogens is 1. The molecule has 0 bridgehead atoms. The monoisotopic (exact) mass is 367 g/mol. The predicted octanol–water partition coefficient (Wildman–Crippen LogP) is 3.99. The van der Waals surface area contributed by atoms with Gasteiger partial charge >= 0.3 is 0 Å². The first kappa shape index (κ1) is 20.7. The lowest BCUT2D eigenvalue weighted by molar-refractivity contribution is 0.138. The van der Waals surface area contributed by atoms with Crippen molar-refractivity contribution in [1.29, 1.82) is 0 Å². The average molecular weight is 368 g/mol. The van der Waals surface area contributed by atoms with Gasteiger partial charge in [-0.05, 0) is 86.8 Å². The normalized spacial score (nSPS) is 28.4. The molecule has 142 valence electrons. The molecule has 0 saturated heterocycles. The number of hydrogen-bond donors (Lipinski definition) is 2. The molecule has 3 nitrogen and oxygen atoms in total. The van der Waals surface area contributed by atoms with Gasteiger partial charge in [0.1, 0.15) is 0 Å². The number of aliphatic hydroxyl groups is 1. The molecular weight excluding hydrogens is 334 g/mol. The summed E-state index contributed by atoms with van der Waals surface area (Å²) in [7, 11) is 0. The Bertz CT molecular complexity index is 551. The highest BCUT2D eigenvalue weighted by molar-refractivity contribution is 5.85. The third-order valence-electron chi connectivity index (χ3n) is 6.10. The smallest absolute Gasteiger partial charge is 0.0611 e. The van der Waals surface area contributed by atoms with E-state index < -0.39 is 0 Å². The van der Waals surface area contributed by atoms with E-state index in [4.69, 9.17) is 10.5 Å². The molecule has 0 aliphatic heterocycles. The van der Waals surface area contributed by atoms with E-state index in [-0.39, 0.29) is 24.6 Å². The standard InChI is InChI=1S/C21H33NO2.ClH/c1-2-24-11-3-4-16-5-6-18-13-19(8-7-17(18)12-16)20-9-10-21(22,14-20)15-23;/h7-8,13,16,20,23H,2-6,9-12,14-15,22H2,1H3;1H/t16-,20+,21-;/m1./s1. The second kappa shape index (κ2) is 9.36. The minimum atomic E-state index is -0.355. The van der Waals surface area contributed by atoms with Gasteiger partial charge in [0, 0.05) is 18.8 Å². The Morgan fingerprint density at radius 2 is 2.12 bits per heavy atom. The van der Waals surface area contributed by atoms with Crippen molar-refractivity contribution in [3.63, 3.8) is 0 Å². The van der Waals surface area contributed by atoms with E-state index in [1.54, 1.807) is 11.1 Å². The molecule has 3 atom stereocenters. The maximum Gasteiger partial charge on any atom is 0.0611 e. The summed E-state index contributed by atoms with van der Waals surface area (Å²) >= 11 is 0. The molecule has 25 heavy (non-hydrogen) atoms. The van der Waals surface area contributed by atoms with Crippen LogP contribution in [0.15, 0.2) is 18.2 Å². The Balaban J connectivity index is 0.00000225. The topological polar surface area (TPSA) is 55.5 Å². The van der Waals surface area contributed by atoms with Gasteiger partial charge in [0.05, 0.1) is 6.61 Å². The zero-order valence-corrected chi connectivity index (χ0v) is 16.3. The highest BCUT2D eigenvalue weighted by atomic mass is 35.5. The lowest BCUT2D eigenvalue weighted by Crippen LogP contribution is -2.40. The molecule has 0 amide bonds. The van der Waals surface area contributed by atoms with Crippen LogP contribution in [0.2, 0.25) is 0 Å². The van der Waals surface area contributed by atoms with Crippen LogP contribution in [-0.2, 0) is 17.6 Å². The van der Waals surface area contributed by atoms with Crippen LogP contribution in [0.5, 0.6) is 0 Å². The largest absolute Gasteiger partial charge is 0.394 e. The maximum absolute atomic E-state index is 9.48. The van der Waals surface area contributed by atoms with Gasteiger partial charge in [0.2, 0.25) is 0 Å². The molecule has 0 radical (unpaired) electrons. The number of nitrogens with two attached hydrogens (primary N) is 1. The van der Waals surface area contributed by atoms with Crippen LogP contribution >= 0.6 is 12.4 Å². The minimum Gasteiger partial charge on any atom is -0.394 e. The SMILES string of the molecule is CCOCCC[C@@H]1CCc2cc([C@H]3CC[C@](N)(CO)C3)ccc2C1.Cl. The first-order chi connectivity index (χ1) is 11.6. The molecule has 1 saturated carbocycles. The van der Waals surface area contributed by atoms with Crippen LogP contribution in [0.3, 0.4) is 0 Å². The molecule has 1 fully saturated rings. The van der Waals surface area contributed by atoms with Crippen molar-refractivity contribution in [1.82, 2.24) is 0 Å². The van der Waals surface area contributed by atoms with Gasteiger partial charge < -0.3 is 15.6 Å². The number of aryl methyl sites for hydroxylation is 1. The number of benzene rings is 1. The second-order valence-electron chi connectivity index (χ2n) is 7.94. The van der Waals surface area contributed by atoms with Crippen molar-refractivity contribution < 1.29 is 9.84 Å². The molecule has 0 heterocycles. The van der Waals surface area contributed by atoms with Gasteiger partial charge in [-0.15, -0.1) is 12.4 Å². The van der Waals surface area contributed by atoms with Gasteiger partial charge in [0.15, 0.2) is 0 Å². The Morgan fingerprint density at radius 1 is 1.28 bits per heavy atom. The van der Waals surface area contributed by atoms with Crippen LogP contribution in [0.1, 0.15) is 68.1 Å². The van der Waals surface area contributed by atoms with E-state index in [2.05, 4.69) is 25.1 Å².